The molecule has 2 aliphatic heterocycles. The average molecular weight is 374 g/mol. The molecule has 2 fully saturated rings. The molecule has 1 aromatic carbocycles. The molecular formula is C16H21BrFNOS. The monoisotopic (exact) mass is 373 g/mol. The van der Waals surface area contributed by atoms with Gasteiger partial charge in [-0.3, -0.25) is 0 Å². The molecule has 21 heavy (non-hydrogen) atoms. The topological polar surface area (TPSA) is 21.3 Å². The van der Waals surface area contributed by atoms with Crippen LogP contribution in [0.2, 0.25) is 0 Å². The van der Waals surface area contributed by atoms with Gasteiger partial charge in [-0.1, -0.05) is 22.0 Å². The van der Waals surface area contributed by atoms with Crippen molar-refractivity contribution in [1.29, 1.82) is 0 Å². The molecule has 116 valence electrons. The quantitative estimate of drug-likeness (QED) is 0.859. The zero-order valence-corrected chi connectivity index (χ0v) is 14.6. The Morgan fingerprint density at radius 3 is 3.05 bits per heavy atom. The number of halogens is 2. The van der Waals surface area contributed by atoms with E-state index >= 15 is 0 Å². The Balaban J connectivity index is 1.82. The van der Waals surface area contributed by atoms with E-state index in [-0.39, 0.29) is 17.5 Å². The highest BCUT2D eigenvalue weighted by atomic mass is 79.9. The molecule has 2 nitrogen and oxygen atoms in total. The second kappa shape index (κ2) is 6.57. The summed E-state index contributed by atoms with van der Waals surface area (Å²) in [6.07, 6.45) is 3.31. The van der Waals surface area contributed by atoms with Crippen molar-refractivity contribution >= 4 is 27.7 Å². The fourth-order valence-corrected chi connectivity index (χ4v) is 5.59. The van der Waals surface area contributed by atoms with Gasteiger partial charge in [-0.25, -0.2) is 4.39 Å². The molecule has 3 unspecified atom stereocenters. The number of hydrogen-bond acceptors (Lipinski definition) is 3. The lowest BCUT2D eigenvalue weighted by atomic mass is 9.79. The molecule has 0 bridgehead atoms. The summed E-state index contributed by atoms with van der Waals surface area (Å²) in [5.41, 5.74) is 1.22. The van der Waals surface area contributed by atoms with E-state index in [1.54, 1.807) is 12.1 Å². The predicted octanol–water partition coefficient (Wildman–Crippen LogP) is 4.15. The molecule has 2 aliphatic rings. The fraction of sp³-hybridized carbons (Fsp3) is 0.625. The van der Waals surface area contributed by atoms with Crippen molar-refractivity contribution in [3.8, 4) is 0 Å². The summed E-state index contributed by atoms with van der Waals surface area (Å²) in [4.78, 5) is 0. The maximum absolute atomic E-state index is 13.3. The van der Waals surface area contributed by atoms with Gasteiger partial charge in [-0.2, -0.15) is 11.8 Å². The smallest absolute Gasteiger partial charge is 0.124 e. The molecule has 0 amide bonds. The van der Waals surface area contributed by atoms with Crippen molar-refractivity contribution in [2.24, 2.45) is 5.92 Å². The second-order valence-corrected chi connectivity index (χ2v) is 7.98. The van der Waals surface area contributed by atoms with Gasteiger partial charge in [0, 0.05) is 22.9 Å². The molecule has 3 rings (SSSR count). The van der Waals surface area contributed by atoms with Gasteiger partial charge in [0.25, 0.3) is 0 Å². The highest BCUT2D eigenvalue weighted by Crippen LogP contribution is 2.44. The van der Waals surface area contributed by atoms with E-state index in [1.807, 2.05) is 24.9 Å². The van der Waals surface area contributed by atoms with Crippen molar-refractivity contribution in [2.75, 3.05) is 25.2 Å². The molecule has 1 spiro atoms. The van der Waals surface area contributed by atoms with Crippen LogP contribution in [0.4, 0.5) is 4.39 Å². The van der Waals surface area contributed by atoms with Crippen LogP contribution in [0.3, 0.4) is 0 Å². The van der Waals surface area contributed by atoms with Gasteiger partial charge in [0.1, 0.15) is 5.82 Å². The highest BCUT2D eigenvalue weighted by molar-refractivity contribution is 9.10. The summed E-state index contributed by atoms with van der Waals surface area (Å²) < 4.78 is 20.3. The third kappa shape index (κ3) is 3.31. The van der Waals surface area contributed by atoms with Crippen LogP contribution in [0.15, 0.2) is 22.7 Å². The molecule has 1 N–H and O–H groups in total. The summed E-state index contributed by atoms with van der Waals surface area (Å²) in [7, 11) is 1.99. The molecule has 3 atom stereocenters. The molecule has 0 aromatic heterocycles. The Morgan fingerprint density at radius 1 is 1.52 bits per heavy atom. The van der Waals surface area contributed by atoms with Gasteiger partial charge in [0.2, 0.25) is 0 Å². The van der Waals surface area contributed by atoms with Crippen LogP contribution in [0.1, 0.15) is 30.9 Å². The summed E-state index contributed by atoms with van der Waals surface area (Å²) in [6, 6.07) is 5.24. The van der Waals surface area contributed by atoms with Gasteiger partial charge in [0.05, 0.1) is 5.60 Å². The van der Waals surface area contributed by atoms with Crippen LogP contribution in [-0.4, -0.2) is 30.8 Å². The predicted molar refractivity (Wildman–Crippen MR) is 89.2 cm³/mol. The minimum atomic E-state index is -0.198. The first-order chi connectivity index (χ1) is 10.1. The Hall–Kier alpha value is -0.100. The van der Waals surface area contributed by atoms with E-state index in [1.165, 1.54) is 5.75 Å². The number of hydrogen-bond donors (Lipinski definition) is 1. The minimum Gasteiger partial charge on any atom is -0.374 e. The first-order valence-corrected chi connectivity index (χ1v) is 9.42. The summed E-state index contributed by atoms with van der Waals surface area (Å²) in [5.74, 6) is 2.65. The normalized spacial score (nSPS) is 30.7. The van der Waals surface area contributed by atoms with Crippen molar-refractivity contribution in [1.82, 2.24) is 5.32 Å². The SMILES string of the molecule is CNC(c1ccc(F)cc1Br)C1CCOC2(CCSC2)C1. The van der Waals surface area contributed by atoms with Gasteiger partial charge in [-0.15, -0.1) is 0 Å². The van der Waals surface area contributed by atoms with Gasteiger partial charge in [-0.05, 0) is 55.7 Å². The molecule has 0 aliphatic carbocycles. The van der Waals surface area contributed by atoms with E-state index < -0.39 is 0 Å². The van der Waals surface area contributed by atoms with E-state index in [4.69, 9.17) is 4.74 Å². The molecule has 1 aromatic rings. The first-order valence-electron chi connectivity index (χ1n) is 7.47. The summed E-state index contributed by atoms with van der Waals surface area (Å²) in [5, 5.41) is 3.44. The highest BCUT2D eigenvalue weighted by Gasteiger charge is 2.42. The maximum atomic E-state index is 13.3. The van der Waals surface area contributed by atoms with Gasteiger partial charge < -0.3 is 10.1 Å². The van der Waals surface area contributed by atoms with E-state index in [0.29, 0.717) is 5.92 Å². The van der Waals surface area contributed by atoms with Crippen molar-refractivity contribution in [3.63, 3.8) is 0 Å². The third-order valence-corrected chi connectivity index (χ3v) is 6.59. The fourth-order valence-electron chi connectivity index (χ4n) is 3.61. The van der Waals surface area contributed by atoms with E-state index in [9.17, 15) is 4.39 Å². The summed E-state index contributed by atoms with van der Waals surface area (Å²) >= 11 is 5.51. The zero-order chi connectivity index (χ0) is 14.9. The van der Waals surface area contributed by atoms with Crippen LogP contribution >= 0.6 is 27.7 Å². The van der Waals surface area contributed by atoms with E-state index in [2.05, 4.69) is 21.2 Å². The second-order valence-electron chi connectivity index (χ2n) is 6.02. The standard InChI is InChI=1S/C16H21BrFNOS/c1-19-15(13-3-2-12(18)8-14(13)17)11-4-6-20-16(9-11)5-7-21-10-16/h2-3,8,11,15,19H,4-7,9-10H2,1H3. The van der Waals surface area contributed by atoms with Crippen LogP contribution < -0.4 is 5.32 Å². The molecule has 0 radical (unpaired) electrons. The zero-order valence-electron chi connectivity index (χ0n) is 12.2. The molecule has 5 heteroatoms. The summed E-state index contributed by atoms with van der Waals surface area (Å²) in [6.45, 7) is 0.836. The third-order valence-electron chi connectivity index (χ3n) is 4.68. The van der Waals surface area contributed by atoms with E-state index in [0.717, 1.165) is 41.7 Å². The van der Waals surface area contributed by atoms with Gasteiger partial charge >= 0.3 is 0 Å². The lowest BCUT2D eigenvalue weighted by Crippen LogP contribution is -2.43. The van der Waals surface area contributed by atoms with Crippen molar-refractivity contribution < 1.29 is 9.13 Å². The average Bonchev–Trinajstić information content (AvgIpc) is 2.90. The first kappa shape index (κ1) is 15.8. The lowest BCUT2D eigenvalue weighted by Gasteiger charge is -2.41. The Bertz CT molecular complexity index is 507. The minimum absolute atomic E-state index is 0.0786. The number of benzene rings is 1. The van der Waals surface area contributed by atoms with Crippen LogP contribution in [0.5, 0.6) is 0 Å². The number of rotatable bonds is 3. The molecule has 0 saturated carbocycles. The Labute approximate surface area is 138 Å². The molecule has 2 saturated heterocycles. The maximum Gasteiger partial charge on any atom is 0.124 e. The number of ether oxygens (including phenoxy) is 1. The van der Waals surface area contributed by atoms with Gasteiger partial charge in [0.15, 0.2) is 0 Å². The lowest BCUT2D eigenvalue weighted by molar-refractivity contribution is -0.0851. The largest absolute Gasteiger partial charge is 0.374 e. The van der Waals surface area contributed by atoms with Crippen molar-refractivity contribution in [2.45, 2.75) is 30.9 Å². The van der Waals surface area contributed by atoms with Crippen LogP contribution in [0, 0.1) is 11.7 Å². The molecule has 2 heterocycles. The Kier molecular flexibility index (Phi) is 4.94. The number of thioether (sulfide) groups is 1. The van der Waals surface area contributed by atoms with Crippen LogP contribution in [0.25, 0.3) is 0 Å². The number of nitrogens with one attached hydrogen (secondary N) is 1. The van der Waals surface area contributed by atoms with Crippen LogP contribution in [-0.2, 0) is 4.74 Å². The molecular weight excluding hydrogens is 353 g/mol. The van der Waals surface area contributed by atoms with Crippen molar-refractivity contribution in [3.05, 3.63) is 34.1 Å². The Morgan fingerprint density at radius 2 is 2.38 bits per heavy atom.